The standard InChI is InChI=1S/C14H21N3O3S/c1-14(2,3)20-13(18)17-9-4-6-11(10-17)21(19)12-15-7-5-8-16-12/h5,7-8,11H,4,6,9-10H2,1-3H3/t11-,21-/m0/s1. The lowest BCUT2D eigenvalue weighted by Gasteiger charge is -2.33. The van der Waals surface area contributed by atoms with E-state index in [0.717, 1.165) is 12.8 Å². The number of piperidine rings is 1. The molecule has 6 nitrogen and oxygen atoms in total. The van der Waals surface area contributed by atoms with E-state index in [4.69, 9.17) is 4.74 Å². The molecule has 0 unspecified atom stereocenters. The third-order valence-corrected chi connectivity index (χ3v) is 4.62. The minimum atomic E-state index is -1.30. The van der Waals surface area contributed by atoms with Crippen molar-refractivity contribution in [2.24, 2.45) is 0 Å². The first-order valence-corrected chi connectivity index (χ1v) is 8.23. The number of hydrogen-bond donors (Lipinski definition) is 0. The fourth-order valence-electron chi connectivity index (χ4n) is 2.14. The van der Waals surface area contributed by atoms with Gasteiger partial charge in [-0.1, -0.05) is 0 Å². The maximum absolute atomic E-state index is 12.5. The zero-order valence-electron chi connectivity index (χ0n) is 12.6. The van der Waals surface area contributed by atoms with Gasteiger partial charge < -0.3 is 9.64 Å². The molecule has 2 atom stereocenters. The summed E-state index contributed by atoms with van der Waals surface area (Å²) < 4.78 is 17.8. The Hall–Kier alpha value is -1.50. The summed E-state index contributed by atoms with van der Waals surface area (Å²) in [6, 6.07) is 1.69. The molecule has 1 amide bonds. The van der Waals surface area contributed by atoms with Gasteiger partial charge in [-0.2, -0.15) is 0 Å². The predicted octanol–water partition coefficient (Wildman–Crippen LogP) is 1.98. The molecule has 1 aliphatic rings. The minimum absolute atomic E-state index is 0.145. The number of aromatic nitrogens is 2. The summed E-state index contributed by atoms with van der Waals surface area (Å²) in [5.74, 6) is 0. The molecule has 2 rings (SSSR count). The van der Waals surface area contributed by atoms with Crippen LogP contribution in [0.4, 0.5) is 4.79 Å². The molecule has 0 radical (unpaired) electrons. The van der Waals surface area contributed by atoms with Crippen LogP contribution in [0.2, 0.25) is 0 Å². The van der Waals surface area contributed by atoms with E-state index >= 15 is 0 Å². The predicted molar refractivity (Wildman–Crippen MR) is 79.3 cm³/mol. The number of nitrogens with zero attached hydrogens (tertiary/aromatic N) is 3. The Balaban J connectivity index is 2.01. The Labute approximate surface area is 127 Å². The lowest BCUT2D eigenvalue weighted by molar-refractivity contribution is 0.0219. The van der Waals surface area contributed by atoms with Crippen molar-refractivity contribution in [2.45, 2.75) is 49.6 Å². The first-order valence-electron chi connectivity index (χ1n) is 7.02. The van der Waals surface area contributed by atoms with Gasteiger partial charge in [0.05, 0.1) is 16.0 Å². The molecule has 1 aliphatic heterocycles. The van der Waals surface area contributed by atoms with Crippen LogP contribution in [0.25, 0.3) is 0 Å². The number of likely N-dealkylation sites (tertiary alicyclic amines) is 1. The number of rotatable bonds is 2. The van der Waals surface area contributed by atoms with Crippen LogP contribution in [-0.4, -0.2) is 49.1 Å². The van der Waals surface area contributed by atoms with Gasteiger partial charge in [0.15, 0.2) is 0 Å². The highest BCUT2D eigenvalue weighted by Crippen LogP contribution is 2.20. The van der Waals surface area contributed by atoms with E-state index < -0.39 is 16.4 Å². The molecule has 0 aliphatic carbocycles. The fraction of sp³-hybridized carbons (Fsp3) is 0.643. The van der Waals surface area contributed by atoms with Crippen molar-refractivity contribution in [3.8, 4) is 0 Å². The minimum Gasteiger partial charge on any atom is -0.444 e. The molecule has 1 saturated heterocycles. The average Bonchev–Trinajstić information content (AvgIpc) is 2.46. The van der Waals surface area contributed by atoms with Gasteiger partial charge in [0.2, 0.25) is 5.16 Å². The van der Waals surface area contributed by atoms with Crippen LogP contribution in [0.5, 0.6) is 0 Å². The summed E-state index contributed by atoms with van der Waals surface area (Å²) in [5, 5.41) is 0.183. The number of ether oxygens (including phenoxy) is 1. The number of carbonyl (C=O) groups is 1. The number of hydrogen-bond acceptors (Lipinski definition) is 5. The van der Waals surface area contributed by atoms with Crippen LogP contribution in [-0.2, 0) is 15.5 Å². The van der Waals surface area contributed by atoms with Crippen molar-refractivity contribution in [2.75, 3.05) is 13.1 Å². The normalized spacial score (nSPS) is 20.9. The highest BCUT2D eigenvalue weighted by atomic mass is 32.2. The van der Waals surface area contributed by atoms with E-state index in [1.165, 1.54) is 0 Å². The second kappa shape index (κ2) is 6.51. The SMILES string of the molecule is CC(C)(C)OC(=O)N1CCC[C@H]([S@](=O)c2ncccn2)C1. The average molecular weight is 311 g/mol. The summed E-state index contributed by atoms with van der Waals surface area (Å²) in [6.07, 6.45) is 4.41. The van der Waals surface area contributed by atoms with E-state index in [-0.39, 0.29) is 11.3 Å². The van der Waals surface area contributed by atoms with Crippen molar-refractivity contribution in [1.29, 1.82) is 0 Å². The summed E-state index contributed by atoms with van der Waals surface area (Å²) >= 11 is 0. The van der Waals surface area contributed by atoms with Crippen molar-refractivity contribution < 1.29 is 13.7 Å². The Kier molecular flexibility index (Phi) is 4.92. The smallest absolute Gasteiger partial charge is 0.410 e. The van der Waals surface area contributed by atoms with Crippen LogP contribution in [0.3, 0.4) is 0 Å². The van der Waals surface area contributed by atoms with Crippen molar-refractivity contribution in [3.63, 3.8) is 0 Å². The monoisotopic (exact) mass is 311 g/mol. The fourth-order valence-corrected chi connectivity index (χ4v) is 3.47. The molecular weight excluding hydrogens is 290 g/mol. The lowest BCUT2D eigenvalue weighted by Crippen LogP contribution is -2.46. The largest absolute Gasteiger partial charge is 0.444 e. The molecule has 1 aromatic rings. The van der Waals surface area contributed by atoms with Crippen molar-refractivity contribution >= 4 is 16.9 Å². The van der Waals surface area contributed by atoms with Gasteiger partial charge in [0.25, 0.3) is 0 Å². The van der Waals surface area contributed by atoms with E-state index in [0.29, 0.717) is 18.2 Å². The molecule has 1 aromatic heterocycles. The van der Waals surface area contributed by atoms with Gasteiger partial charge in [-0.3, -0.25) is 4.21 Å². The van der Waals surface area contributed by atoms with Crippen molar-refractivity contribution in [1.82, 2.24) is 14.9 Å². The molecule has 116 valence electrons. The molecule has 0 saturated carbocycles. The molecule has 1 fully saturated rings. The molecule has 0 N–H and O–H groups in total. The second-order valence-electron chi connectivity index (χ2n) is 6.02. The highest BCUT2D eigenvalue weighted by Gasteiger charge is 2.31. The van der Waals surface area contributed by atoms with Crippen LogP contribution >= 0.6 is 0 Å². The maximum Gasteiger partial charge on any atom is 0.410 e. The quantitative estimate of drug-likeness (QED) is 0.781. The van der Waals surface area contributed by atoms with E-state index in [2.05, 4.69) is 9.97 Å². The molecule has 7 heteroatoms. The first kappa shape index (κ1) is 15.9. The zero-order chi connectivity index (χ0) is 15.5. The topological polar surface area (TPSA) is 72.4 Å². The van der Waals surface area contributed by atoms with Crippen molar-refractivity contribution in [3.05, 3.63) is 18.5 Å². The van der Waals surface area contributed by atoms with Crippen LogP contribution in [0.15, 0.2) is 23.6 Å². The van der Waals surface area contributed by atoms with E-state index in [9.17, 15) is 9.00 Å². The third kappa shape index (κ3) is 4.49. The van der Waals surface area contributed by atoms with Gasteiger partial charge in [-0.15, -0.1) is 0 Å². The summed E-state index contributed by atoms with van der Waals surface area (Å²) in [5.41, 5.74) is -0.522. The first-order chi connectivity index (χ1) is 9.87. The van der Waals surface area contributed by atoms with Gasteiger partial charge in [0.1, 0.15) is 5.60 Å². The van der Waals surface area contributed by atoms with Gasteiger partial charge in [-0.25, -0.2) is 14.8 Å². The van der Waals surface area contributed by atoms with Gasteiger partial charge in [-0.05, 0) is 39.7 Å². The molecular formula is C14H21N3O3S. The number of carbonyl (C=O) groups excluding carboxylic acids is 1. The van der Waals surface area contributed by atoms with E-state index in [1.807, 2.05) is 20.8 Å². The van der Waals surface area contributed by atoms with Gasteiger partial charge >= 0.3 is 6.09 Å². The maximum atomic E-state index is 12.5. The van der Waals surface area contributed by atoms with E-state index in [1.54, 1.807) is 23.4 Å². The van der Waals surface area contributed by atoms with Crippen LogP contribution in [0, 0.1) is 0 Å². The molecule has 2 heterocycles. The summed E-state index contributed by atoms with van der Waals surface area (Å²) in [6.45, 7) is 6.56. The molecule has 0 spiro atoms. The molecule has 21 heavy (non-hydrogen) atoms. The Morgan fingerprint density at radius 2 is 2.05 bits per heavy atom. The molecule has 0 bridgehead atoms. The van der Waals surface area contributed by atoms with Crippen LogP contribution < -0.4 is 0 Å². The highest BCUT2D eigenvalue weighted by molar-refractivity contribution is 7.85. The summed E-state index contributed by atoms with van der Waals surface area (Å²) in [7, 11) is -1.30. The molecule has 0 aromatic carbocycles. The number of amides is 1. The second-order valence-corrected chi connectivity index (χ2v) is 7.65. The zero-order valence-corrected chi connectivity index (χ0v) is 13.4. The Morgan fingerprint density at radius 1 is 1.38 bits per heavy atom. The summed E-state index contributed by atoms with van der Waals surface area (Å²) in [4.78, 5) is 21.8. The Bertz CT molecular complexity index is 516. The van der Waals surface area contributed by atoms with Crippen LogP contribution in [0.1, 0.15) is 33.6 Å². The Morgan fingerprint density at radius 3 is 2.67 bits per heavy atom. The third-order valence-electron chi connectivity index (χ3n) is 3.05. The lowest BCUT2D eigenvalue weighted by atomic mass is 10.1. The van der Waals surface area contributed by atoms with Gasteiger partial charge in [0, 0.05) is 25.5 Å².